The summed E-state index contributed by atoms with van der Waals surface area (Å²) in [6, 6.07) is 28.7. The molecule has 232 valence electrons. The predicted octanol–water partition coefficient (Wildman–Crippen LogP) is 5.22. The number of hydrogen-bond acceptors (Lipinski definition) is 8. The Morgan fingerprint density at radius 1 is 0.673 bits per heavy atom. The van der Waals surface area contributed by atoms with Crippen molar-refractivity contribution < 1.29 is 38.9 Å². The number of fused-ring (bicyclic) bond motifs is 20. The van der Waals surface area contributed by atoms with Gasteiger partial charge in [-0.1, -0.05) is 65.8 Å². The van der Waals surface area contributed by atoms with E-state index in [4.69, 9.17) is 44.8 Å². The molecule has 0 aliphatic carbocycles. The molecule has 3 aromatic heterocycles. The summed E-state index contributed by atoms with van der Waals surface area (Å²) in [5.41, 5.74) is 3.79. The van der Waals surface area contributed by atoms with Gasteiger partial charge in [0.05, 0.1) is 28.3 Å². The van der Waals surface area contributed by atoms with Gasteiger partial charge in [-0.3, -0.25) is 4.79 Å². The van der Waals surface area contributed by atoms with Crippen LogP contribution in [0.1, 0.15) is 13.8 Å². The average molecular weight is 696 g/mol. The van der Waals surface area contributed by atoms with Crippen LogP contribution < -0.4 is 19.5 Å². The fourth-order valence-electron chi connectivity index (χ4n) is 5.81. The molecule has 0 saturated heterocycles. The normalized spacial score (nSPS) is 12.0. The fraction of sp³-hybridized carbons (Fsp3) is 0.111. The molecule has 5 heterocycles. The van der Waals surface area contributed by atoms with Gasteiger partial charge in [0.2, 0.25) is 0 Å². The molecule has 4 aromatic carbocycles. The maximum Gasteiger partial charge on any atom is 2.00 e. The van der Waals surface area contributed by atoms with Gasteiger partial charge in [0.25, 0.3) is 5.69 Å². The third-order valence-electron chi connectivity index (χ3n) is 8.48. The van der Waals surface area contributed by atoms with E-state index in [0.717, 1.165) is 33.2 Å². The Bertz CT molecular complexity index is 2660. The zero-order chi connectivity index (χ0) is 32.6. The van der Waals surface area contributed by atoms with Gasteiger partial charge >= 0.3 is 25.4 Å². The average Bonchev–Trinajstić information content (AvgIpc) is 3.83. The summed E-state index contributed by atoms with van der Waals surface area (Å²) in [6.07, 6.45) is 0. The van der Waals surface area contributed by atoms with E-state index in [0.29, 0.717) is 56.6 Å². The first-order chi connectivity index (χ1) is 23.3. The molecule has 0 saturated carbocycles. The van der Waals surface area contributed by atoms with Crippen molar-refractivity contribution >= 4 is 50.1 Å². The van der Waals surface area contributed by atoms with Crippen LogP contribution in [0.15, 0.2) is 91.0 Å². The Morgan fingerprint density at radius 3 is 1.88 bits per heavy atom. The number of carboxylic acids is 1. The largest absolute Gasteiger partial charge is 2.00 e. The minimum Gasteiger partial charge on any atom is -0.492 e. The molecule has 0 unspecified atom stereocenters. The Kier molecular flexibility index (Phi) is 7.04. The summed E-state index contributed by atoms with van der Waals surface area (Å²) < 4.78 is 5.96. The van der Waals surface area contributed by atoms with Crippen molar-refractivity contribution in [2.24, 2.45) is 5.41 Å². The summed E-state index contributed by atoms with van der Waals surface area (Å²) >= 11 is 0. The van der Waals surface area contributed by atoms with Crippen LogP contribution in [0.25, 0.3) is 84.0 Å². The van der Waals surface area contributed by atoms with Crippen molar-refractivity contribution in [3.05, 3.63) is 91.0 Å². The van der Waals surface area contributed by atoms with Crippen LogP contribution in [0.5, 0.6) is 5.75 Å². The Morgan fingerprint density at radius 2 is 1.22 bits per heavy atom. The van der Waals surface area contributed by atoms with Gasteiger partial charge in [-0.25, -0.2) is 4.98 Å². The third kappa shape index (κ3) is 5.01. The molecule has 1 N–H and O–H groups in total. The second-order valence-corrected chi connectivity index (χ2v) is 12.2. The number of nitrogens with zero attached hydrogens (tertiary/aromatic N) is 9. The van der Waals surface area contributed by atoms with Crippen LogP contribution in [-0.2, 0) is 24.3 Å². The van der Waals surface area contributed by atoms with Crippen molar-refractivity contribution in [1.29, 1.82) is 0 Å². The molecule has 8 bridgehead atoms. The van der Waals surface area contributed by atoms with Gasteiger partial charge in [0, 0.05) is 49.4 Å². The molecular formula is C36H24N9O3Zn+. The van der Waals surface area contributed by atoms with Crippen molar-refractivity contribution in [1.82, 2.24) is 40.1 Å². The third-order valence-corrected chi connectivity index (χ3v) is 8.48. The second-order valence-electron chi connectivity index (χ2n) is 12.2. The van der Waals surface area contributed by atoms with E-state index in [1.54, 1.807) is 26.0 Å². The van der Waals surface area contributed by atoms with E-state index >= 15 is 0 Å². The molecule has 0 fully saturated rings. The van der Waals surface area contributed by atoms with Crippen LogP contribution in [0.4, 0.5) is 0 Å². The van der Waals surface area contributed by atoms with E-state index in [9.17, 15) is 9.90 Å². The fourth-order valence-corrected chi connectivity index (χ4v) is 5.81. The number of ether oxygens (including phenoxy) is 1. The summed E-state index contributed by atoms with van der Waals surface area (Å²) in [4.78, 5) is 42.7. The van der Waals surface area contributed by atoms with Crippen LogP contribution in [-0.4, -0.2) is 47.8 Å². The van der Waals surface area contributed by atoms with E-state index < -0.39 is 11.4 Å². The smallest absolute Gasteiger partial charge is 0.492 e. The number of benzene rings is 4. The monoisotopic (exact) mass is 694 g/mol. The van der Waals surface area contributed by atoms with Gasteiger partial charge in [-0.05, 0) is 54.3 Å². The number of aliphatic carboxylic acids is 1. The maximum atomic E-state index is 11.7. The van der Waals surface area contributed by atoms with Gasteiger partial charge in [-0.2, -0.15) is 0 Å². The number of carboxylic acid groups (broad SMARTS) is 1. The van der Waals surface area contributed by atoms with Gasteiger partial charge in [0.1, 0.15) is 12.4 Å². The first-order valence-electron chi connectivity index (χ1n) is 15.2. The minimum absolute atomic E-state index is 0. The topological polar surface area (TPSA) is 156 Å². The Balaban J connectivity index is 0.00000348. The van der Waals surface area contributed by atoms with Gasteiger partial charge in [-0.15, -0.1) is 0 Å². The van der Waals surface area contributed by atoms with E-state index in [2.05, 4.69) is 0 Å². The minimum atomic E-state index is -1.08. The van der Waals surface area contributed by atoms with E-state index in [1.165, 1.54) is 4.80 Å². The first-order valence-corrected chi connectivity index (χ1v) is 15.2. The summed E-state index contributed by atoms with van der Waals surface area (Å²) in [5, 5.41) is 22.3. The van der Waals surface area contributed by atoms with Crippen molar-refractivity contribution in [2.75, 3.05) is 6.61 Å². The van der Waals surface area contributed by atoms with E-state index in [-0.39, 0.29) is 26.1 Å². The number of aromatic nitrogens is 9. The summed E-state index contributed by atoms with van der Waals surface area (Å²) in [7, 11) is 0. The van der Waals surface area contributed by atoms with Crippen LogP contribution in [0, 0.1) is 5.41 Å². The number of hydrogen-bond donors (Lipinski definition) is 1. The van der Waals surface area contributed by atoms with Gasteiger partial charge < -0.3 is 34.8 Å². The molecule has 13 heteroatoms. The Labute approximate surface area is 290 Å². The second kappa shape index (κ2) is 11.3. The van der Waals surface area contributed by atoms with Gasteiger partial charge in [0.15, 0.2) is 5.82 Å². The standard InChI is InChI=1S/C36H25N9O3.Zn/c1-36(2,35(46)47)18-48-19-15-16-24-26(17-19)34-42-32(24)40-30-21-10-4-3-9-20(21)28(38-30)37-29-22-11-5-6-12-23(22)31(39-29)41-33-25-13-7-8-14-27(25)45(43-33)44-34;/h3-17H,18H2,1-2H3,(H2,37,38,39,40,41,42,43,44,46,47);/q;+2/p-1. The molecular weight excluding hydrogens is 672 g/mol. The quantitative estimate of drug-likeness (QED) is 0.190. The number of rotatable bonds is 4. The van der Waals surface area contributed by atoms with Crippen LogP contribution >= 0.6 is 0 Å². The van der Waals surface area contributed by atoms with Crippen molar-refractivity contribution in [3.8, 4) is 45.6 Å². The van der Waals surface area contributed by atoms with Crippen LogP contribution in [0.2, 0.25) is 0 Å². The molecule has 0 atom stereocenters. The zero-order valence-electron chi connectivity index (χ0n) is 26.4. The predicted molar refractivity (Wildman–Crippen MR) is 177 cm³/mol. The molecule has 12 nitrogen and oxygen atoms in total. The Hall–Kier alpha value is -5.94. The molecule has 0 amide bonds. The molecule has 0 radical (unpaired) electrons. The molecule has 2 aliphatic heterocycles. The summed E-state index contributed by atoms with van der Waals surface area (Å²) in [5.74, 6) is 0.905. The maximum absolute atomic E-state index is 11.7. The SMILES string of the molecule is CC(C)(COc1ccc2c3nc4nc(nc5[n-]c(nc6n[n+](nc([n-]3)c2c1)-c1ccccc1-6)c1ccccc51)-c1ccccc1-4)C(=O)O.[Zn+2]. The molecule has 7 aromatic rings. The first kappa shape index (κ1) is 30.4. The molecule has 49 heavy (non-hydrogen) atoms. The molecule has 0 spiro atoms. The van der Waals surface area contributed by atoms with Crippen LogP contribution in [0.3, 0.4) is 0 Å². The zero-order valence-corrected chi connectivity index (χ0v) is 29.3. The van der Waals surface area contributed by atoms with E-state index in [1.807, 2.05) is 78.9 Å². The van der Waals surface area contributed by atoms with Crippen molar-refractivity contribution in [3.63, 3.8) is 0 Å². The summed E-state index contributed by atoms with van der Waals surface area (Å²) in [6.45, 7) is 3.21. The number of carbonyl (C=O) groups is 1. The molecule has 9 rings (SSSR count). The van der Waals surface area contributed by atoms with Crippen molar-refractivity contribution in [2.45, 2.75) is 13.8 Å². The number of para-hydroxylation sites is 1. The molecule has 2 aliphatic rings.